The number of methoxy groups -OCH3 is 1. The molecule has 0 radical (unpaired) electrons. The van der Waals surface area contributed by atoms with Crippen molar-refractivity contribution >= 4 is 33.5 Å². The number of benzene rings is 2. The summed E-state index contributed by atoms with van der Waals surface area (Å²) in [6.45, 7) is 3.70. The number of aromatic nitrogens is 1. The standard InChI is InChI=1S/C21H18N2O4/c1-11-12(2)20(24)23-16-10-14(7-8-15(11)16)22-21(25)18-9-13-5-4-6-17(26-3)19(13)27-18/h4-10H,1-3H3,(H,22,25)(H,23,24). The van der Waals surface area contributed by atoms with Crippen LogP contribution >= 0.6 is 0 Å². The van der Waals surface area contributed by atoms with Gasteiger partial charge in [0.1, 0.15) is 0 Å². The highest BCUT2D eigenvalue weighted by Gasteiger charge is 2.15. The minimum atomic E-state index is -0.376. The number of anilines is 1. The molecule has 4 aromatic rings. The second kappa shape index (κ2) is 6.32. The van der Waals surface area contributed by atoms with Gasteiger partial charge in [0.15, 0.2) is 17.1 Å². The number of amides is 1. The molecule has 2 aromatic heterocycles. The van der Waals surface area contributed by atoms with Crippen molar-refractivity contribution < 1.29 is 13.9 Å². The largest absolute Gasteiger partial charge is 0.493 e. The number of fused-ring (bicyclic) bond motifs is 2. The van der Waals surface area contributed by atoms with E-state index in [0.717, 1.165) is 16.3 Å². The predicted molar refractivity (Wildman–Crippen MR) is 105 cm³/mol. The van der Waals surface area contributed by atoms with E-state index >= 15 is 0 Å². The molecule has 4 rings (SSSR count). The summed E-state index contributed by atoms with van der Waals surface area (Å²) in [4.78, 5) is 27.4. The lowest BCUT2D eigenvalue weighted by Crippen LogP contribution is -2.13. The molecular formula is C21H18N2O4. The first-order chi connectivity index (χ1) is 13.0. The van der Waals surface area contributed by atoms with Crippen LogP contribution in [0.3, 0.4) is 0 Å². The molecule has 0 aliphatic carbocycles. The number of aromatic amines is 1. The molecule has 2 aromatic carbocycles. The van der Waals surface area contributed by atoms with E-state index in [1.165, 1.54) is 0 Å². The Hall–Kier alpha value is -3.54. The number of H-pyrrole nitrogens is 1. The number of carbonyl (C=O) groups excluding carboxylic acids is 1. The second-order valence-corrected chi connectivity index (χ2v) is 6.41. The number of nitrogens with one attached hydrogen (secondary N) is 2. The molecule has 2 N–H and O–H groups in total. The summed E-state index contributed by atoms with van der Waals surface area (Å²) in [6.07, 6.45) is 0. The number of rotatable bonds is 3. The summed E-state index contributed by atoms with van der Waals surface area (Å²) < 4.78 is 10.9. The molecular weight excluding hydrogens is 344 g/mol. The average Bonchev–Trinajstić information content (AvgIpc) is 3.10. The van der Waals surface area contributed by atoms with Crippen molar-refractivity contribution in [3.63, 3.8) is 0 Å². The number of pyridine rings is 1. The van der Waals surface area contributed by atoms with E-state index in [9.17, 15) is 9.59 Å². The van der Waals surface area contributed by atoms with Crippen molar-refractivity contribution in [1.82, 2.24) is 4.98 Å². The van der Waals surface area contributed by atoms with Crippen LogP contribution in [0.5, 0.6) is 5.75 Å². The molecule has 0 unspecified atom stereocenters. The molecule has 0 spiro atoms. The topological polar surface area (TPSA) is 84.3 Å². The fourth-order valence-corrected chi connectivity index (χ4v) is 3.14. The fourth-order valence-electron chi connectivity index (χ4n) is 3.14. The van der Waals surface area contributed by atoms with Crippen LogP contribution in [0.25, 0.3) is 21.9 Å². The Kier molecular flexibility index (Phi) is 3.96. The van der Waals surface area contributed by atoms with Crippen molar-refractivity contribution in [3.8, 4) is 5.75 Å². The van der Waals surface area contributed by atoms with Crippen LogP contribution in [0.4, 0.5) is 5.69 Å². The maximum atomic E-state index is 12.6. The molecule has 0 bridgehead atoms. The molecule has 0 atom stereocenters. The van der Waals surface area contributed by atoms with Crippen LogP contribution in [0.1, 0.15) is 21.7 Å². The number of hydrogen-bond acceptors (Lipinski definition) is 4. The van der Waals surface area contributed by atoms with Crippen molar-refractivity contribution in [3.05, 3.63) is 69.7 Å². The number of ether oxygens (including phenoxy) is 1. The average molecular weight is 362 g/mol. The van der Waals surface area contributed by atoms with E-state index in [0.29, 0.717) is 28.1 Å². The van der Waals surface area contributed by atoms with Gasteiger partial charge in [-0.05, 0) is 43.7 Å². The minimum Gasteiger partial charge on any atom is -0.493 e. The fraction of sp³-hybridized carbons (Fsp3) is 0.143. The summed E-state index contributed by atoms with van der Waals surface area (Å²) in [5, 5.41) is 4.54. The van der Waals surface area contributed by atoms with Crippen molar-refractivity contribution in [2.24, 2.45) is 0 Å². The van der Waals surface area contributed by atoms with Gasteiger partial charge >= 0.3 is 0 Å². The van der Waals surface area contributed by atoms with Crippen molar-refractivity contribution in [1.29, 1.82) is 0 Å². The van der Waals surface area contributed by atoms with E-state index < -0.39 is 0 Å². The summed E-state index contributed by atoms with van der Waals surface area (Å²) in [5.74, 6) is 0.377. The maximum absolute atomic E-state index is 12.6. The zero-order valence-corrected chi connectivity index (χ0v) is 15.2. The molecule has 0 fully saturated rings. The molecule has 27 heavy (non-hydrogen) atoms. The van der Waals surface area contributed by atoms with Crippen LogP contribution < -0.4 is 15.6 Å². The Bertz CT molecular complexity index is 1250. The van der Waals surface area contributed by atoms with E-state index in [1.54, 1.807) is 38.3 Å². The first-order valence-electron chi connectivity index (χ1n) is 8.49. The third kappa shape index (κ3) is 2.85. The molecule has 2 heterocycles. The van der Waals surface area contributed by atoms with Gasteiger partial charge in [0.2, 0.25) is 0 Å². The normalized spacial score (nSPS) is 11.1. The highest BCUT2D eigenvalue weighted by Crippen LogP contribution is 2.29. The molecule has 0 aliphatic rings. The molecule has 1 amide bonds. The zero-order valence-electron chi connectivity index (χ0n) is 15.2. The minimum absolute atomic E-state index is 0.132. The van der Waals surface area contributed by atoms with Crippen LogP contribution in [0.15, 0.2) is 51.7 Å². The Morgan fingerprint density at radius 2 is 1.93 bits per heavy atom. The van der Waals surface area contributed by atoms with E-state index in [4.69, 9.17) is 9.15 Å². The highest BCUT2D eigenvalue weighted by atomic mass is 16.5. The van der Waals surface area contributed by atoms with Gasteiger partial charge in [-0.2, -0.15) is 0 Å². The van der Waals surface area contributed by atoms with Gasteiger partial charge in [0, 0.05) is 22.0 Å². The van der Waals surface area contributed by atoms with Gasteiger partial charge in [-0.1, -0.05) is 18.2 Å². The van der Waals surface area contributed by atoms with Gasteiger partial charge in [0.25, 0.3) is 11.5 Å². The quantitative estimate of drug-likeness (QED) is 0.573. The molecule has 0 saturated heterocycles. The first-order valence-corrected chi connectivity index (χ1v) is 8.49. The summed E-state index contributed by atoms with van der Waals surface area (Å²) in [7, 11) is 1.55. The second-order valence-electron chi connectivity index (χ2n) is 6.41. The van der Waals surface area contributed by atoms with Crippen LogP contribution in [0.2, 0.25) is 0 Å². The Balaban J connectivity index is 1.68. The highest BCUT2D eigenvalue weighted by molar-refractivity contribution is 6.05. The molecule has 6 nitrogen and oxygen atoms in total. The number of carbonyl (C=O) groups is 1. The zero-order chi connectivity index (χ0) is 19.1. The summed E-state index contributed by atoms with van der Waals surface area (Å²) in [5.41, 5.74) is 3.25. The lowest BCUT2D eigenvalue weighted by Gasteiger charge is -2.08. The lowest BCUT2D eigenvalue weighted by molar-refractivity contribution is 0.0998. The van der Waals surface area contributed by atoms with Gasteiger partial charge in [-0.15, -0.1) is 0 Å². The third-order valence-electron chi connectivity index (χ3n) is 4.78. The van der Waals surface area contributed by atoms with E-state index in [-0.39, 0.29) is 17.2 Å². The monoisotopic (exact) mass is 362 g/mol. The maximum Gasteiger partial charge on any atom is 0.291 e. The number of furan rings is 1. The van der Waals surface area contributed by atoms with Gasteiger partial charge in [-0.25, -0.2) is 0 Å². The summed E-state index contributed by atoms with van der Waals surface area (Å²) >= 11 is 0. The smallest absolute Gasteiger partial charge is 0.291 e. The Labute approximate surface area is 154 Å². The first kappa shape index (κ1) is 16.9. The van der Waals surface area contributed by atoms with Crippen molar-refractivity contribution in [2.75, 3.05) is 12.4 Å². The van der Waals surface area contributed by atoms with Gasteiger partial charge in [0.05, 0.1) is 12.6 Å². The van der Waals surface area contributed by atoms with Gasteiger partial charge in [-0.3, -0.25) is 9.59 Å². The SMILES string of the molecule is COc1cccc2cc(C(=O)Nc3ccc4c(C)c(C)c(=O)[nH]c4c3)oc12. The van der Waals surface area contributed by atoms with E-state index in [1.807, 2.05) is 25.1 Å². The Morgan fingerprint density at radius 1 is 1.11 bits per heavy atom. The van der Waals surface area contributed by atoms with Crippen LogP contribution in [-0.4, -0.2) is 18.0 Å². The third-order valence-corrected chi connectivity index (χ3v) is 4.78. The summed E-state index contributed by atoms with van der Waals surface area (Å²) in [6, 6.07) is 12.6. The molecule has 6 heteroatoms. The number of hydrogen-bond donors (Lipinski definition) is 2. The number of para-hydroxylation sites is 1. The molecule has 0 saturated carbocycles. The van der Waals surface area contributed by atoms with E-state index in [2.05, 4.69) is 10.3 Å². The number of aryl methyl sites for hydroxylation is 1. The van der Waals surface area contributed by atoms with Crippen molar-refractivity contribution in [2.45, 2.75) is 13.8 Å². The molecule has 136 valence electrons. The molecule has 0 aliphatic heterocycles. The Morgan fingerprint density at radius 3 is 2.70 bits per heavy atom. The van der Waals surface area contributed by atoms with Crippen LogP contribution in [0, 0.1) is 13.8 Å². The predicted octanol–water partition coefficient (Wildman–Crippen LogP) is 4.15. The van der Waals surface area contributed by atoms with Crippen LogP contribution in [-0.2, 0) is 0 Å². The lowest BCUT2D eigenvalue weighted by atomic mass is 10.1. The van der Waals surface area contributed by atoms with Gasteiger partial charge < -0.3 is 19.5 Å².